The van der Waals surface area contributed by atoms with Crippen molar-refractivity contribution in [2.24, 2.45) is 7.05 Å². The largest absolute Gasteiger partial charge is 0.333 e. The van der Waals surface area contributed by atoms with Crippen LogP contribution >= 0.6 is 0 Å². The van der Waals surface area contributed by atoms with Gasteiger partial charge in [0.15, 0.2) is 9.84 Å². The van der Waals surface area contributed by atoms with E-state index >= 15 is 0 Å². The molecule has 0 spiro atoms. The molecule has 0 unspecified atom stereocenters. The molecule has 0 bridgehead atoms. The number of carbonyl (C=O) groups is 1. The smallest absolute Gasteiger partial charge is 0.274 e. The van der Waals surface area contributed by atoms with Crippen molar-refractivity contribution >= 4 is 15.7 Å². The molecule has 1 saturated heterocycles. The highest BCUT2D eigenvalue weighted by Gasteiger charge is 2.35. The molecule has 8 heteroatoms. The standard InChI is InChI=1S/C13H19N3O4S/c1-3-7-16(10-6-8-21(19,20)9-10)13(18)11-4-5-12(17)15(2)14-11/h4-5,10H,3,6-9H2,1-2H3/t10-/m1/s1. The van der Waals surface area contributed by atoms with Gasteiger partial charge in [0, 0.05) is 25.7 Å². The van der Waals surface area contributed by atoms with Crippen LogP contribution in [0.3, 0.4) is 0 Å². The zero-order valence-corrected chi connectivity index (χ0v) is 13.0. The molecule has 0 saturated carbocycles. The highest BCUT2D eigenvalue weighted by molar-refractivity contribution is 7.91. The number of hydrogen-bond donors (Lipinski definition) is 0. The fraction of sp³-hybridized carbons (Fsp3) is 0.615. The Labute approximate surface area is 123 Å². The van der Waals surface area contributed by atoms with Crippen molar-refractivity contribution in [3.63, 3.8) is 0 Å². The Kier molecular flexibility index (Phi) is 4.46. The first kappa shape index (κ1) is 15.7. The first-order valence-corrected chi connectivity index (χ1v) is 8.72. The number of carbonyl (C=O) groups excluding carboxylic acids is 1. The third kappa shape index (κ3) is 3.49. The number of nitrogens with zero attached hydrogens (tertiary/aromatic N) is 3. The number of sulfone groups is 1. The summed E-state index contributed by atoms with van der Waals surface area (Å²) in [6.45, 7) is 2.40. The van der Waals surface area contributed by atoms with E-state index in [1.807, 2.05) is 6.92 Å². The van der Waals surface area contributed by atoms with Crippen molar-refractivity contribution in [2.45, 2.75) is 25.8 Å². The molecule has 1 amide bonds. The molecule has 7 nitrogen and oxygen atoms in total. The zero-order valence-electron chi connectivity index (χ0n) is 12.2. The fourth-order valence-electron chi connectivity index (χ4n) is 2.48. The minimum Gasteiger partial charge on any atom is -0.333 e. The van der Waals surface area contributed by atoms with E-state index < -0.39 is 9.84 Å². The van der Waals surface area contributed by atoms with Gasteiger partial charge in [-0.25, -0.2) is 13.1 Å². The van der Waals surface area contributed by atoms with Gasteiger partial charge in [-0.2, -0.15) is 5.10 Å². The lowest BCUT2D eigenvalue weighted by molar-refractivity contribution is 0.0688. The van der Waals surface area contributed by atoms with Gasteiger partial charge in [0.25, 0.3) is 11.5 Å². The van der Waals surface area contributed by atoms with Crippen LogP contribution < -0.4 is 5.56 Å². The third-order valence-electron chi connectivity index (χ3n) is 3.55. The lowest BCUT2D eigenvalue weighted by atomic mass is 10.2. The van der Waals surface area contributed by atoms with Crippen LogP contribution in [0, 0.1) is 0 Å². The van der Waals surface area contributed by atoms with E-state index in [4.69, 9.17) is 0 Å². The van der Waals surface area contributed by atoms with Crippen LogP contribution in [0.2, 0.25) is 0 Å². The fourth-order valence-corrected chi connectivity index (χ4v) is 4.21. The number of aromatic nitrogens is 2. The summed E-state index contributed by atoms with van der Waals surface area (Å²) < 4.78 is 24.3. The monoisotopic (exact) mass is 313 g/mol. The molecule has 0 aromatic carbocycles. The lowest BCUT2D eigenvalue weighted by Gasteiger charge is -2.27. The Morgan fingerprint density at radius 2 is 2.19 bits per heavy atom. The first-order chi connectivity index (χ1) is 9.84. The topological polar surface area (TPSA) is 89.3 Å². The second-order valence-corrected chi connectivity index (χ2v) is 7.46. The van der Waals surface area contributed by atoms with Crippen molar-refractivity contribution < 1.29 is 13.2 Å². The lowest BCUT2D eigenvalue weighted by Crippen LogP contribution is -2.42. The molecule has 1 fully saturated rings. The molecule has 2 rings (SSSR count). The molecular weight excluding hydrogens is 294 g/mol. The zero-order chi connectivity index (χ0) is 15.6. The van der Waals surface area contributed by atoms with Crippen molar-refractivity contribution in [3.8, 4) is 0 Å². The molecular formula is C13H19N3O4S. The maximum Gasteiger partial charge on any atom is 0.274 e. The van der Waals surface area contributed by atoms with Gasteiger partial charge >= 0.3 is 0 Å². The van der Waals surface area contributed by atoms with Gasteiger partial charge in [-0.1, -0.05) is 6.92 Å². The van der Waals surface area contributed by atoms with E-state index in [9.17, 15) is 18.0 Å². The van der Waals surface area contributed by atoms with Gasteiger partial charge in [0.1, 0.15) is 5.69 Å². The molecule has 1 aromatic heterocycles. The Balaban J connectivity index is 2.27. The predicted octanol–water partition coefficient (Wildman–Crippen LogP) is -0.180. The molecule has 2 heterocycles. The van der Waals surface area contributed by atoms with Crippen LogP contribution in [0.5, 0.6) is 0 Å². The van der Waals surface area contributed by atoms with Crippen LogP contribution in [0.25, 0.3) is 0 Å². The van der Waals surface area contributed by atoms with Crippen molar-refractivity contribution in [1.82, 2.24) is 14.7 Å². The number of hydrogen-bond acceptors (Lipinski definition) is 5. The van der Waals surface area contributed by atoms with Crippen LogP contribution in [-0.2, 0) is 16.9 Å². The van der Waals surface area contributed by atoms with Crippen LogP contribution in [-0.4, -0.2) is 53.1 Å². The van der Waals surface area contributed by atoms with E-state index in [2.05, 4.69) is 5.10 Å². The van der Waals surface area contributed by atoms with Crippen molar-refractivity contribution in [1.29, 1.82) is 0 Å². The van der Waals surface area contributed by atoms with E-state index in [1.54, 1.807) is 4.90 Å². The molecule has 0 aliphatic carbocycles. The molecule has 1 aliphatic heterocycles. The van der Waals surface area contributed by atoms with E-state index in [1.165, 1.54) is 19.2 Å². The van der Waals surface area contributed by atoms with E-state index in [-0.39, 0.29) is 34.7 Å². The molecule has 1 aromatic rings. The normalized spacial score (nSPS) is 20.4. The number of amides is 1. The first-order valence-electron chi connectivity index (χ1n) is 6.90. The van der Waals surface area contributed by atoms with E-state index in [0.29, 0.717) is 13.0 Å². The van der Waals surface area contributed by atoms with Gasteiger partial charge in [-0.15, -0.1) is 0 Å². The van der Waals surface area contributed by atoms with Gasteiger partial charge in [-0.05, 0) is 18.9 Å². The minimum atomic E-state index is -3.06. The maximum atomic E-state index is 12.5. The van der Waals surface area contributed by atoms with Gasteiger partial charge in [0.2, 0.25) is 0 Å². The maximum absolute atomic E-state index is 12.5. The second-order valence-electron chi connectivity index (χ2n) is 5.24. The summed E-state index contributed by atoms with van der Waals surface area (Å²) in [6, 6.07) is 2.37. The Morgan fingerprint density at radius 3 is 2.71 bits per heavy atom. The van der Waals surface area contributed by atoms with Crippen molar-refractivity contribution in [2.75, 3.05) is 18.1 Å². The molecule has 21 heavy (non-hydrogen) atoms. The Hall–Kier alpha value is -1.70. The summed E-state index contributed by atoms with van der Waals surface area (Å²) in [5.41, 5.74) is -0.133. The average molecular weight is 313 g/mol. The molecule has 0 N–H and O–H groups in total. The van der Waals surface area contributed by atoms with Gasteiger partial charge in [0.05, 0.1) is 11.5 Å². The number of aryl methyl sites for hydroxylation is 1. The SMILES string of the molecule is CCCN(C(=O)c1ccc(=O)n(C)n1)[C@@H]1CCS(=O)(=O)C1. The van der Waals surface area contributed by atoms with Crippen LogP contribution in [0.1, 0.15) is 30.3 Å². The number of rotatable bonds is 4. The summed E-state index contributed by atoms with van der Waals surface area (Å²) in [4.78, 5) is 25.4. The molecule has 1 atom stereocenters. The summed E-state index contributed by atoms with van der Waals surface area (Å²) in [6.07, 6.45) is 1.19. The highest BCUT2D eigenvalue weighted by Crippen LogP contribution is 2.19. The summed E-state index contributed by atoms with van der Waals surface area (Å²) >= 11 is 0. The summed E-state index contributed by atoms with van der Waals surface area (Å²) in [5.74, 6) is -0.203. The minimum absolute atomic E-state index is 0.00447. The van der Waals surface area contributed by atoms with E-state index in [0.717, 1.165) is 11.1 Å². The average Bonchev–Trinajstić information content (AvgIpc) is 2.78. The van der Waals surface area contributed by atoms with Crippen molar-refractivity contribution in [3.05, 3.63) is 28.2 Å². The van der Waals surface area contributed by atoms with Gasteiger partial charge < -0.3 is 4.90 Å². The molecule has 1 aliphatic rings. The summed E-state index contributed by atoms with van der Waals surface area (Å²) in [7, 11) is -1.58. The molecule has 116 valence electrons. The second kappa shape index (κ2) is 5.97. The van der Waals surface area contributed by atoms with Crippen LogP contribution in [0.15, 0.2) is 16.9 Å². The van der Waals surface area contributed by atoms with Crippen LogP contribution in [0.4, 0.5) is 0 Å². The summed E-state index contributed by atoms with van der Waals surface area (Å²) in [5, 5.41) is 3.95. The predicted molar refractivity (Wildman–Crippen MR) is 77.9 cm³/mol. The Morgan fingerprint density at radius 1 is 1.48 bits per heavy atom. The Bertz CT molecular complexity index is 696. The highest BCUT2D eigenvalue weighted by atomic mass is 32.2. The third-order valence-corrected chi connectivity index (χ3v) is 5.30. The van der Waals surface area contributed by atoms with Gasteiger partial charge in [-0.3, -0.25) is 9.59 Å². The molecule has 0 radical (unpaired) electrons. The quantitative estimate of drug-likeness (QED) is 0.769.